The molecule has 0 bridgehead atoms. The number of carbonyl (C=O) groups is 6. The zero-order valence-electron chi connectivity index (χ0n) is 42.4. The van der Waals surface area contributed by atoms with E-state index in [2.05, 4.69) is 38.4 Å². The molecule has 0 radical (unpaired) electrons. The van der Waals surface area contributed by atoms with Gasteiger partial charge in [0.1, 0.15) is 54.3 Å². The number of nitrogens with one attached hydrogen (secondary N) is 5. The summed E-state index contributed by atoms with van der Waals surface area (Å²) in [6.45, 7) is 2.85. The molecule has 22 nitrogen and oxygen atoms in total. The quantitative estimate of drug-likeness (QED) is 0.0777. The van der Waals surface area contributed by atoms with Crippen molar-refractivity contribution in [1.29, 1.82) is 0 Å². The Kier molecular flexibility index (Phi) is 18.8. The molecule has 3 aliphatic rings. The van der Waals surface area contributed by atoms with Gasteiger partial charge in [0.2, 0.25) is 35.4 Å². The van der Waals surface area contributed by atoms with Gasteiger partial charge in [-0.3, -0.25) is 28.8 Å². The van der Waals surface area contributed by atoms with Gasteiger partial charge in [0, 0.05) is 49.5 Å². The van der Waals surface area contributed by atoms with Gasteiger partial charge in [-0.1, -0.05) is 85.5 Å². The molecule has 14 N–H and O–H groups in total. The van der Waals surface area contributed by atoms with Crippen LogP contribution in [0.25, 0.3) is 11.1 Å². The van der Waals surface area contributed by atoms with Crippen molar-refractivity contribution < 1.29 is 74.7 Å². The van der Waals surface area contributed by atoms with Crippen LogP contribution in [0.4, 0.5) is 0 Å². The number of benzene rings is 4. The molecule has 0 aliphatic carbocycles. The molecule has 6 amide bonds. The smallest absolute Gasteiger partial charge is 0.248 e. The summed E-state index contributed by atoms with van der Waals surface area (Å²) < 4.78 is 0. The highest BCUT2D eigenvalue weighted by Gasteiger charge is 2.50. The Bertz CT molecular complexity index is 2790. The van der Waals surface area contributed by atoms with Gasteiger partial charge < -0.3 is 82.3 Å². The second-order valence-corrected chi connectivity index (χ2v) is 19.8. The number of phenolic OH excluding ortho intramolecular Hbond substituents is 1. The number of nitrogens with zero attached hydrogens (tertiary/aromatic N) is 2. The monoisotopic (exact) mass is 1060 g/mol. The van der Waals surface area contributed by atoms with Crippen LogP contribution < -0.4 is 26.6 Å². The third kappa shape index (κ3) is 13.8. The maximum atomic E-state index is 14.4. The number of aliphatic hydroxyl groups excluding tert-OH is 8. The predicted molar refractivity (Wildman–Crippen MR) is 275 cm³/mol. The van der Waals surface area contributed by atoms with Crippen LogP contribution >= 0.6 is 0 Å². The summed E-state index contributed by atoms with van der Waals surface area (Å²) in [5.74, 6) is -1.76. The Morgan fingerprint density at radius 1 is 0.610 bits per heavy atom. The van der Waals surface area contributed by atoms with Crippen LogP contribution in [0, 0.1) is 17.8 Å². The third-order valence-electron chi connectivity index (χ3n) is 14.0. The first-order valence-corrected chi connectivity index (χ1v) is 25.2. The molecule has 0 unspecified atom stereocenters. The summed E-state index contributed by atoms with van der Waals surface area (Å²) in [5, 5.41) is 112. The summed E-state index contributed by atoms with van der Waals surface area (Å²) in [7, 11) is 0. The third-order valence-corrected chi connectivity index (χ3v) is 14.0. The maximum Gasteiger partial charge on any atom is 0.248 e. The molecule has 22 heteroatoms. The van der Waals surface area contributed by atoms with Crippen molar-refractivity contribution in [1.82, 2.24) is 36.4 Å². The molecular formula is C55H65N7O15. The number of carbonyl (C=O) groups excluding carboxylic acids is 6. The van der Waals surface area contributed by atoms with Crippen molar-refractivity contribution >= 4 is 35.4 Å². The molecule has 4 aromatic carbocycles. The largest absolute Gasteiger partial charge is 0.508 e. The van der Waals surface area contributed by atoms with Gasteiger partial charge in [-0.25, -0.2) is 0 Å². The lowest BCUT2D eigenvalue weighted by molar-refractivity contribution is -0.148. The molecule has 3 saturated heterocycles. The summed E-state index contributed by atoms with van der Waals surface area (Å²) in [4.78, 5) is 87.4. The van der Waals surface area contributed by atoms with Gasteiger partial charge in [-0.2, -0.15) is 0 Å². The molecule has 3 aliphatic heterocycles. The molecule has 410 valence electrons. The fourth-order valence-electron chi connectivity index (χ4n) is 9.54. The van der Waals surface area contributed by atoms with Crippen molar-refractivity contribution in [3.8, 4) is 28.7 Å². The average molecular weight is 1060 g/mol. The first kappa shape index (κ1) is 57.4. The fraction of sp³-hybridized carbons (Fsp3) is 0.418. The Balaban J connectivity index is 1.19. The van der Waals surface area contributed by atoms with E-state index in [0.29, 0.717) is 5.56 Å². The van der Waals surface area contributed by atoms with Crippen LogP contribution in [-0.4, -0.2) is 183 Å². The second-order valence-electron chi connectivity index (χ2n) is 19.8. The molecular weight excluding hydrogens is 999 g/mol. The minimum absolute atomic E-state index is 0.0513. The average Bonchev–Trinajstić information content (AvgIpc) is 4.00. The van der Waals surface area contributed by atoms with Gasteiger partial charge in [-0.05, 0) is 72.5 Å². The first-order chi connectivity index (χ1) is 36.6. The number of fused-ring (bicyclic) bond motifs is 2. The van der Waals surface area contributed by atoms with Crippen LogP contribution in [0.5, 0.6) is 5.75 Å². The predicted octanol–water partition coefficient (Wildman–Crippen LogP) is -2.40. The van der Waals surface area contributed by atoms with Crippen molar-refractivity contribution in [3.05, 3.63) is 125 Å². The zero-order valence-corrected chi connectivity index (χ0v) is 42.4. The summed E-state index contributed by atoms with van der Waals surface area (Å²) in [6.07, 6.45) is -15.9. The van der Waals surface area contributed by atoms with Crippen LogP contribution in [0.3, 0.4) is 0 Å². The number of phenols is 1. The number of hydrogen-bond donors (Lipinski definition) is 14. The minimum atomic E-state index is -2.26. The normalized spacial score (nSPS) is 28.5. The molecule has 3 fully saturated rings. The first-order valence-electron chi connectivity index (χ1n) is 25.2. The summed E-state index contributed by atoms with van der Waals surface area (Å²) in [5.41, 5.74) is 4.01. The summed E-state index contributed by atoms with van der Waals surface area (Å²) in [6, 6.07) is 18.2. The lowest BCUT2D eigenvalue weighted by Gasteiger charge is -2.34. The molecule has 15 atom stereocenters. The van der Waals surface area contributed by atoms with E-state index in [-0.39, 0.29) is 24.4 Å². The van der Waals surface area contributed by atoms with E-state index in [1.54, 1.807) is 12.1 Å². The van der Waals surface area contributed by atoms with Crippen LogP contribution in [0.2, 0.25) is 0 Å². The Morgan fingerprint density at radius 3 is 1.75 bits per heavy atom. The topological polar surface area (TPSA) is 351 Å². The number of amides is 6. The highest BCUT2D eigenvalue weighted by molar-refractivity contribution is 5.98. The van der Waals surface area contributed by atoms with Crippen molar-refractivity contribution in [3.63, 3.8) is 0 Å². The van der Waals surface area contributed by atoms with E-state index in [1.165, 1.54) is 38.1 Å². The highest BCUT2D eigenvalue weighted by atomic mass is 16.3. The van der Waals surface area contributed by atoms with Crippen LogP contribution in [0.15, 0.2) is 103 Å². The van der Waals surface area contributed by atoms with Crippen molar-refractivity contribution in [2.45, 2.75) is 125 Å². The SMILES string of the molecule is C[C@@H](O)[C@@H]1NC(=O)[C@H]([C@H](O)[C@@H](O)c2ccc(O)cc2)NC(=O)[C@@H]2C[C@@H](O)CN2C(=O)[C@H]([C@@H](C)O)NC(=O)[C@@H](NCc2ccc(-c3ccc(C#Cc4ccccc4)cc3)cc2)C[C@@H](O)[C@H](O)NC(=O)[C@@H]2[C@@H](O)[C@@H](C)CN2C1=O. The van der Waals surface area contributed by atoms with Gasteiger partial charge in [-0.15, -0.1) is 0 Å². The van der Waals surface area contributed by atoms with E-state index in [1.807, 2.05) is 66.7 Å². The van der Waals surface area contributed by atoms with Gasteiger partial charge in [0.25, 0.3) is 0 Å². The van der Waals surface area contributed by atoms with E-state index in [0.717, 1.165) is 39.0 Å². The highest BCUT2D eigenvalue weighted by Crippen LogP contribution is 2.28. The number of aliphatic hydroxyl groups is 8. The molecule has 0 spiro atoms. The molecule has 4 aromatic rings. The standard InChI is InChI=1S/C55H65N7O15/c1-28-26-62-45(46(28)68)53(75)60-51(73)41(67)24-39(56-25-33-13-17-35(18-14-33)34-15-11-32(12-16-34)10-9-31-7-5-4-6-8-31)49(71)57-42(29(2)63)54(76)61-27-38(66)23-40(61)50(72)59-44(52(74)58-43(30(3)64)55(62)77)48(70)47(69)36-19-21-37(65)22-20-36/h4-8,11-22,28-30,38-48,51,56,63-70,73H,23-27H2,1-3H3,(H,57,71)(H,58,74)(H,59,72)(H,60,75)/t28-,29+,30+,38+,39-,40-,41+,42-,43-,44-,45-,46-,47-,48-,51-/m0/s1. The minimum Gasteiger partial charge on any atom is -0.508 e. The van der Waals surface area contributed by atoms with Crippen molar-refractivity contribution in [2.24, 2.45) is 5.92 Å². The van der Waals surface area contributed by atoms with Crippen molar-refractivity contribution in [2.75, 3.05) is 13.1 Å². The number of rotatable bonds is 9. The van der Waals surface area contributed by atoms with E-state index < -0.39 is 146 Å². The van der Waals surface area contributed by atoms with E-state index >= 15 is 0 Å². The van der Waals surface area contributed by atoms with E-state index in [4.69, 9.17) is 0 Å². The number of aromatic hydroxyl groups is 1. The lowest BCUT2D eigenvalue weighted by Crippen LogP contribution is -2.64. The van der Waals surface area contributed by atoms with Gasteiger partial charge in [0.15, 0.2) is 6.23 Å². The maximum absolute atomic E-state index is 14.4. The fourth-order valence-corrected chi connectivity index (χ4v) is 9.54. The molecule has 7 rings (SSSR count). The molecule has 0 aromatic heterocycles. The Hall–Kier alpha value is -7.30. The Labute approximate surface area is 443 Å². The van der Waals surface area contributed by atoms with Crippen LogP contribution in [-0.2, 0) is 35.3 Å². The molecule has 3 heterocycles. The second kappa shape index (κ2) is 25.2. The lowest BCUT2D eigenvalue weighted by atomic mass is 9.96. The Morgan fingerprint density at radius 2 is 1.16 bits per heavy atom. The van der Waals surface area contributed by atoms with Crippen LogP contribution in [0.1, 0.15) is 62.0 Å². The van der Waals surface area contributed by atoms with E-state index in [9.17, 15) is 74.7 Å². The number of hydrogen-bond acceptors (Lipinski definition) is 16. The zero-order chi connectivity index (χ0) is 55.8. The summed E-state index contributed by atoms with van der Waals surface area (Å²) >= 11 is 0. The van der Waals surface area contributed by atoms with Gasteiger partial charge in [0.05, 0.1) is 30.5 Å². The molecule has 0 saturated carbocycles. The van der Waals surface area contributed by atoms with Gasteiger partial charge >= 0.3 is 0 Å². The molecule has 77 heavy (non-hydrogen) atoms.